The number of hydrogen-bond donors (Lipinski definition) is 3. The first kappa shape index (κ1) is 21.0. The first-order valence-corrected chi connectivity index (χ1v) is 8.65. The minimum absolute atomic E-state index is 0. The van der Waals surface area contributed by atoms with Gasteiger partial charge in [-0.25, -0.2) is 5.48 Å². The maximum Gasteiger partial charge on any atom is 0.266 e. The van der Waals surface area contributed by atoms with Gasteiger partial charge in [-0.2, -0.15) is 13.5 Å². The molecule has 2 amide bonds. The molecule has 0 saturated carbocycles. The van der Waals surface area contributed by atoms with E-state index in [-0.39, 0.29) is 32.4 Å². The molecule has 0 aromatic heterocycles. The van der Waals surface area contributed by atoms with E-state index in [0.717, 1.165) is 17.5 Å². The van der Waals surface area contributed by atoms with Crippen LogP contribution in [0.2, 0.25) is 0 Å². The Morgan fingerprint density at radius 2 is 1.63 bits per heavy atom. The lowest BCUT2D eigenvalue weighted by atomic mass is 10.0. The Morgan fingerprint density at radius 1 is 1.07 bits per heavy atom. The fourth-order valence-electron chi connectivity index (χ4n) is 3.27. The number of amides is 2. The molecule has 27 heavy (non-hydrogen) atoms. The summed E-state index contributed by atoms with van der Waals surface area (Å²) in [6.07, 6.45) is 0.315. The van der Waals surface area contributed by atoms with Crippen LogP contribution < -0.4 is 5.48 Å². The van der Waals surface area contributed by atoms with Gasteiger partial charge in [-0.05, 0) is 35.2 Å². The third-order valence-electron chi connectivity index (χ3n) is 4.78. The summed E-state index contributed by atoms with van der Waals surface area (Å²) < 4.78 is 0. The molecule has 2 atom stereocenters. The summed E-state index contributed by atoms with van der Waals surface area (Å²) in [6, 6.07) is 14.5. The molecule has 3 rings (SSSR count). The minimum Gasteiger partial charge on any atom is -0.391 e. The van der Waals surface area contributed by atoms with Crippen molar-refractivity contribution in [3.05, 3.63) is 59.7 Å². The smallest absolute Gasteiger partial charge is 0.266 e. The molecule has 1 aliphatic rings. The van der Waals surface area contributed by atoms with Crippen LogP contribution in [0.1, 0.15) is 29.3 Å². The Kier molecular flexibility index (Phi) is 7.01. The first-order valence-electron chi connectivity index (χ1n) is 8.65. The van der Waals surface area contributed by atoms with E-state index in [9.17, 15) is 14.7 Å². The number of carbonyl (C=O) groups excluding carboxylic acids is 2. The van der Waals surface area contributed by atoms with Crippen molar-refractivity contribution in [2.24, 2.45) is 0 Å². The van der Waals surface area contributed by atoms with Crippen LogP contribution in [0.4, 0.5) is 0 Å². The molecule has 0 radical (unpaired) electrons. The van der Waals surface area contributed by atoms with Gasteiger partial charge in [0.15, 0.2) is 0 Å². The van der Waals surface area contributed by atoms with Crippen LogP contribution in [0.3, 0.4) is 0 Å². The second-order valence-electron chi connectivity index (χ2n) is 6.47. The Labute approximate surface area is 165 Å². The zero-order valence-corrected chi connectivity index (χ0v) is 16.1. The van der Waals surface area contributed by atoms with Gasteiger partial charge in [0.25, 0.3) is 11.8 Å². The predicted octanol–water partition coefficient (Wildman–Crippen LogP) is 2.11. The Morgan fingerprint density at radius 3 is 2.15 bits per heavy atom. The van der Waals surface area contributed by atoms with Crippen molar-refractivity contribution in [3.63, 3.8) is 0 Å². The number of aliphatic hydroxyl groups is 1. The first-order chi connectivity index (χ1) is 12.5. The highest BCUT2D eigenvalue weighted by Crippen LogP contribution is 2.24. The van der Waals surface area contributed by atoms with E-state index in [1.165, 1.54) is 10.5 Å². The van der Waals surface area contributed by atoms with Crippen LogP contribution in [0.15, 0.2) is 48.5 Å². The lowest BCUT2D eigenvalue weighted by Crippen LogP contribution is -2.45. The second kappa shape index (κ2) is 9.03. The highest BCUT2D eigenvalue weighted by Gasteiger charge is 2.39. The monoisotopic (exact) mass is 388 g/mol. The number of aryl methyl sites for hydroxylation is 1. The fourth-order valence-corrected chi connectivity index (χ4v) is 3.27. The second-order valence-corrected chi connectivity index (χ2v) is 6.47. The third kappa shape index (κ3) is 4.50. The number of likely N-dealkylation sites (tertiary alicyclic amines) is 1. The van der Waals surface area contributed by atoms with Crippen molar-refractivity contribution in [2.75, 3.05) is 6.54 Å². The van der Waals surface area contributed by atoms with Gasteiger partial charge >= 0.3 is 0 Å². The van der Waals surface area contributed by atoms with Gasteiger partial charge in [0, 0.05) is 18.5 Å². The number of nitrogens with zero attached hydrogens (tertiary/aromatic N) is 1. The molecular weight excluding hydrogens is 364 g/mol. The highest BCUT2D eigenvalue weighted by atomic mass is 32.1. The topological polar surface area (TPSA) is 89.9 Å². The Balaban J connectivity index is 0.00000261. The van der Waals surface area contributed by atoms with Crippen molar-refractivity contribution < 1.29 is 19.9 Å². The number of hydroxylamine groups is 1. The van der Waals surface area contributed by atoms with Gasteiger partial charge < -0.3 is 10.0 Å². The normalized spacial score (nSPS) is 18.7. The van der Waals surface area contributed by atoms with Gasteiger partial charge in [0.05, 0.1) is 6.10 Å². The molecule has 2 aromatic rings. The Bertz CT molecular complexity index is 793. The van der Waals surface area contributed by atoms with Crippen molar-refractivity contribution in [2.45, 2.75) is 31.9 Å². The molecular formula is C20H24N2O4S. The number of aliphatic hydroxyl groups excluding tert-OH is 1. The van der Waals surface area contributed by atoms with Crippen LogP contribution in [0, 0.1) is 0 Å². The van der Waals surface area contributed by atoms with Crippen molar-refractivity contribution in [1.82, 2.24) is 10.4 Å². The number of nitrogens with one attached hydrogen (secondary N) is 1. The molecule has 7 heteroatoms. The van der Waals surface area contributed by atoms with E-state index in [4.69, 9.17) is 5.21 Å². The summed E-state index contributed by atoms with van der Waals surface area (Å²) in [5, 5.41) is 18.6. The Hall–Kier alpha value is -2.35. The van der Waals surface area contributed by atoms with E-state index >= 15 is 0 Å². The maximum atomic E-state index is 12.7. The maximum absolute atomic E-state index is 12.7. The molecule has 6 nitrogen and oxygen atoms in total. The van der Waals surface area contributed by atoms with Gasteiger partial charge in [0.2, 0.25) is 0 Å². The van der Waals surface area contributed by atoms with Crippen LogP contribution >= 0.6 is 13.5 Å². The summed E-state index contributed by atoms with van der Waals surface area (Å²) >= 11 is 0. The lowest BCUT2D eigenvalue weighted by molar-refractivity contribution is -0.133. The van der Waals surface area contributed by atoms with Crippen LogP contribution in [0.25, 0.3) is 11.1 Å². The van der Waals surface area contributed by atoms with E-state index in [1.54, 1.807) is 17.6 Å². The average Bonchev–Trinajstić information content (AvgIpc) is 3.08. The minimum atomic E-state index is -0.872. The predicted molar refractivity (Wildman–Crippen MR) is 107 cm³/mol. The summed E-state index contributed by atoms with van der Waals surface area (Å²) in [5.74, 6) is -1.04. The molecule has 1 fully saturated rings. The number of benzene rings is 2. The van der Waals surface area contributed by atoms with Crippen molar-refractivity contribution in [3.8, 4) is 11.1 Å². The molecule has 3 N–H and O–H groups in total. The molecule has 144 valence electrons. The van der Waals surface area contributed by atoms with E-state index in [0.29, 0.717) is 5.56 Å². The average molecular weight is 388 g/mol. The molecule has 0 spiro atoms. The SMILES string of the molecule is CCc1ccc(-c2ccc(C(=O)N3CC(O)CC3C(=O)NO)cc2)cc1.S. The molecule has 1 saturated heterocycles. The van der Waals surface area contributed by atoms with E-state index < -0.39 is 18.1 Å². The molecule has 1 heterocycles. The van der Waals surface area contributed by atoms with E-state index in [1.807, 2.05) is 24.3 Å². The van der Waals surface area contributed by atoms with Crippen LogP contribution in [-0.4, -0.2) is 45.7 Å². The van der Waals surface area contributed by atoms with Crippen LogP contribution in [-0.2, 0) is 11.2 Å². The molecule has 2 unspecified atom stereocenters. The third-order valence-corrected chi connectivity index (χ3v) is 4.78. The quantitative estimate of drug-likeness (QED) is 0.553. The molecule has 1 aliphatic heterocycles. The number of carbonyl (C=O) groups is 2. The number of rotatable bonds is 4. The number of hydrogen-bond acceptors (Lipinski definition) is 4. The standard InChI is InChI=1S/C20H22N2O4.H2S/c1-2-13-3-5-14(6-4-13)15-7-9-16(10-8-15)20(25)22-12-17(23)11-18(22)19(24)21-26;/h3-10,17-18,23,26H,2,11-12H2,1H3,(H,21,24);1H2. The van der Waals surface area contributed by atoms with Crippen LogP contribution in [0.5, 0.6) is 0 Å². The largest absolute Gasteiger partial charge is 0.391 e. The summed E-state index contributed by atoms with van der Waals surface area (Å²) in [6.45, 7) is 2.17. The van der Waals surface area contributed by atoms with Crippen molar-refractivity contribution >= 4 is 25.3 Å². The molecule has 0 bridgehead atoms. The van der Waals surface area contributed by atoms with Gasteiger partial charge in [-0.1, -0.05) is 43.3 Å². The van der Waals surface area contributed by atoms with Gasteiger partial charge in [-0.3, -0.25) is 14.8 Å². The molecule has 0 aliphatic carbocycles. The van der Waals surface area contributed by atoms with Crippen molar-refractivity contribution in [1.29, 1.82) is 0 Å². The highest BCUT2D eigenvalue weighted by molar-refractivity contribution is 7.59. The van der Waals surface area contributed by atoms with Gasteiger partial charge in [0.1, 0.15) is 6.04 Å². The summed E-state index contributed by atoms with van der Waals surface area (Å²) in [4.78, 5) is 25.7. The number of β-amino-alcohol motifs (C(OH)–C–C–N with tert-alkyl or cyclic N) is 1. The molecule has 2 aromatic carbocycles. The zero-order chi connectivity index (χ0) is 18.7. The van der Waals surface area contributed by atoms with Gasteiger partial charge in [-0.15, -0.1) is 0 Å². The van der Waals surface area contributed by atoms with E-state index in [2.05, 4.69) is 19.1 Å². The summed E-state index contributed by atoms with van der Waals surface area (Å²) in [5.41, 5.74) is 5.32. The lowest BCUT2D eigenvalue weighted by Gasteiger charge is -2.22. The zero-order valence-electron chi connectivity index (χ0n) is 15.1. The fraction of sp³-hybridized carbons (Fsp3) is 0.300. The summed E-state index contributed by atoms with van der Waals surface area (Å²) in [7, 11) is 0.